The van der Waals surface area contributed by atoms with Crippen LogP contribution in [0.1, 0.15) is 31.4 Å². The van der Waals surface area contributed by atoms with Crippen molar-refractivity contribution in [2.45, 2.75) is 25.8 Å². The van der Waals surface area contributed by atoms with E-state index in [-0.39, 0.29) is 12.6 Å². The molecule has 0 amide bonds. The molecule has 0 saturated carbocycles. The molecule has 16 heavy (non-hydrogen) atoms. The highest BCUT2D eigenvalue weighted by molar-refractivity contribution is 6.30. The third kappa shape index (κ3) is 4.00. The molecule has 0 spiro atoms. The van der Waals surface area contributed by atoms with Crippen LogP contribution in [-0.2, 0) is 0 Å². The smallest absolute Gasteiger partial charge is 0.124 e. The Bertz CT molecular complexity index is 329. The Labute approximate surface area is 101 Å². The molecule has 1 aromatic rings. The molecule has 0 aromatic heterocycles. The molecule has 0 saturated heterocycles. The molecule has 0 radical (unpaired) electrons. The van der Waals surface area contributed by atoms with Crippen LogP contribution in [0.25, 0.3) is 0 Å². The second kappa shape index (κ2) is 6.74. The molecule has 0 aliphatic carbocycles. The molecule has 4 heteroatoms. The number of aliphatic hydroxyl groups is 1. The molecule has 0 aliphatic rings. The zero-order valence-corrected chi connectivity index (χ0v) is 10.2. The van der Waals surface area contributed by atoms with E-state index in [1.165, 1.54) is 0 Å². The fourth-order valence-electron chi connectivity index (χ4n) is 1.40. The Morgan fingerprint density at radius 1 is 1.44 bits per heavy atom. The second-order valence-corrected chi connectivity index (χ2v) is 4.19. The Morgan fingerprint density at radius 3 is 2.81 bits per heavy atom. The van der Waals surface area contributed by atoms with Gasteiger partial charge in [0, 0.05) is 23.2 Å². The van der Waals surface area contributed by atoms with Gasteiger partial charge >= 0.3 is 0 Å². The highest BCUT2D eigenvalue weighted by Crippen LogP contribution is 2.27. The maximum Gasteiger partial charge on any atom is 0.124 e. The van der Waals surface area contributed by atoms with Gasteiger partial charge in [0.1, 0.15) is 5.75 Å². The Hall–Kier alpha value is -0.770. The summed E-state index contributed by atoms with van der Waals surface area (Å²) in [6.07, 6.45) is 1.58. The summed E-state index contributed by atoms with van der Waals surface area (Å²) in [7, 11) is 0. The normalized spacial score (nSPS) is 12.5. The minimum absolute atomic E-state index is 0.105. The average molecular weight is 244 g/mol. The van der Waals surface area contributed by atoms with Gasteiger partial charge in [-0.2, -0.15) is 0 Å². The third-order valence-corrected chi connectivity index (χ3v) is 2.51. The first-order valence-electron chi connectivity index (χ1n) is 5.44. The molecule has 1 aromatic carbocycles. The van der Waals surface area contributed by atoms with E-state index in [4.69, 9.17) is 27.2 Å². The standard InChI is InChI=1S/C12H18ClNO2/c1-9(14)11-8-10(13)4-5-12(11)16-7-3-2-6-15/h4-5,8-9,15H,2-3,6-7,14H2,1H3/t9-/m1/s1. The maximum atomic E-state index is 8.65. The lowest BCUT2D eigenvalue weighted by molar-refractivity contribution is 0.252. The molecule has 0 bridgehead atoms. The zero-order valence-electron chi connectivity index (χ0n) is 9.45. The first-order valence-corrected chi connectivity index (χ1v) is 5.81. The minimum Gasteiger partial charge on any atom is -0.493 e. The van der Waals surface area contributed by atoms with Gasteiger partial charge in [-0.25, -0.2) is 0 Å². The molecule has 90 valence electrons. The molecule has 0 heterocycles. The van der Waals surface area contributed by atoms with Crippen LogP contribution in [0.15, 0.2) is 18.2 Å². The Kier molecular flexibility index (Phi) is 5.60. The average Bonchev–Trinajstić information content (AvgIpc) is 2.26. The van der Waals surface area contributed by atoms with Gasteiger partial charge in [0.2, 0.25) is 0 Å². The van der Waals surface area contributed by atoms with Crippen molar-refractivity contribution < 1.29 is 9.84 Å². The van der Waals surface area contributed by atoms with Gasteiger partial charge in [-0.1, -0.05) is 11.6 Å². The van der Waals surface area contributed by atoms with E-state index in [9.17, 15) is 0 Å². The molecule has 1 rings (SSSR count). The first-order chi connectivity index (χ1) is 7.65. The highest BCUT2D eigenvalue weighted by atomic mass is 35.5. The zero-order chi connectivity index (χ0) is 12.0. The number of aliphatic hydroxyl groups excluding tert-OH is 1. The molecular weight excluding hydrogens is 226 g/mol. The monoisotopic (exact) mass is 243 g/mol. The van der Waals surface area contributed by atoms with Crippen LogP contribution in [0.3, 0.4) is 0 Å². The number of hydrogen-bond donors (Lipinski definition) is 2. The summed E-state index contributed by atoms with van der Waals surface area (Å²) >= 11 is 5.90. The lowest BCUT2D eigenvalue weighted by Crippen LogP contribution is -2.09. The van der Waals surface area contributed by atoms with E-state index in [2.05, 4.69) is 0 Å². The van der Waals surface area contributed by atoms with Crippen LogP contribution >= 0.6 is 11.6 Å². The highest BCUT2D eigenvalue weighted by Gasteiger charge is 2.08. The van der Waals surface area contributed by atoms with Crippen molar-refractivity contribution in [3.8, 4) is 5.75 Å². The summed E-state index contributed by atoms with van der Waals surface area (Å²) in [5.41, 5.74) is 6.75. The maximum absolute atomic E-state index is 8.65. The van der Waals surface area contributed by atoms with Crippen molar-refractivity contribution in [3.05, 3.63) is 28.8 Å². The first kappa shape index (κ1) is 13.3. The van der Waals surface area contributed by atoms with E-state index < -0.39 is 0 Å². The van der Waals surface area contributed by atoms with Crippen molar-refractivity contribution in [1.29, 1.82) is 0 Å². The van der Waals surface area contributed by atoms with Crippen LogP contribution in [-0.4, -0.2) is 18.3 Å². The van der Waals surface area contributed by atoms with Crippen molar-refractivity contribution in [3.63, 3.8) is 0 Å². The molecule has 1 atom stereocenters. The second-order valence-electron chi connectivity index (χ2n) is 3.75. The molecule has 0 unspecified atom stereocenters. The fraction of sp³-hybridized carbons (Fsp3) is 0.500. The van der Waals surface area contributed by atoms with Crippen molar-refractivity contribution in [2.24, 2.45) is 5.73 Å². The van der Waals surface area contributed by atoms with Gasteiger partial charge in [-0.15, -0.1) is 0 Å². The minimum atomic E-state index is -0.105. The number of benzene rings is 1. The number of halogens is 1. The van der Waals surface area contributed by atoms with Crippen molar-refractivity contribution in [2.75, 3.05) is 13.2 Å². The number of unbranched alkanes of at least 4 members (excludes halogenated alkanes) is 1. The van der Waals surface area contributed by atoms with E-state index in [0.29, 0.717) is 11.6 Å². The van der Waals surface area contributed by atoms with Gasteiger partial charge in [0.05, 0.1) is 6.61 Å². The topological polar surface area (TPSA) is 55.5 Å². The van der Waals surface area contributed by atoms with Crippen LogP contribution in [0, 0.1) is 0 Å². The number of rotatable bonds is 6. The predicted octanol–water partition coefficient (Wildman–Crippen LogP) is 2.51. The van der Waals surface area contributed by atoms with E-state index in [1.807, 2.05) is 19.1 Å². The molecule has 3 nitrogen and oxygen atoms in total. The largest absolute Gasteiger partial charge is 0.493 e. The van der Waals surface area contributed by atoms with Crippen molar-refractivity contribution >= 4 is 11.6 Å². The SMILES string of the molecule is C[C@@H](N)c1cc(Cl)ccc1OCCCCO. The third-order valence-electron chi connectivity index (χ3n) is 2.27. The van der Waals surface area contributed by atoms with Gasteiger partial charge < -0.3 is 15.6 Å². The number of hydrogen-bond acceptors (Lipinski definition) is 3. The summed E-state index contributed by atoms with van der Waals surface area (Å²) in [6, 6.07) is 5.34. The summed E-state index contributed by atoms with van der Waals surface area (Å²) in [4.78, 5) is 0. The van der Waals surface area contributed by atoms with E-state index in [1.54, 1.807) is 6.07 Å². The van der Waals surface area contributed by atoms with Crippen LogP contribution < -0.4 is 10.5 Å². The fourth-order valence-corrected chi connectivity index (χ4v) is 1.58. The Balaban J connectivity index is 2.64. The van der Waals surface area contributed by atoms with Crippen molar-refractivity contribution in [1.82, 2.24) is 0 Å². The number of ether oxygens (including phenoxy) is 1. The van der Waals surface area contributed by atoms with Gasteiger partial charge in [0.25, 0.3) is 0 Å². The van der Waals surface area contributed by atoms with Crippen LogP contribution in [0.5, 0.6) is 5.75 Å². The Morgan fingerprint density at radius 2 is 2.19 bits per heavy atom. The van der Waals surface area contributed by atoms with Gasteiger partial charge in [-0.3, -0.25) is 0 Å². The lowest BCUT2D eigenvalue weighted by atomic mass is 10.1. The van der Waals surface area contributed by atoms with E-state index >= 15 is 0 Å². The molecular formula is C12H18ClNO2. The van der Waals surface area contributed by atoms with Gasteiger partial charge in [0.15, 0.2) is 0 Å². The van der Waals surface area contributed by atoms with E-state index in [0.717, 1.165) is 24.2 Å². The molecule has 0 fully saturated rings. The summed E-state index contributed by atoms with van der Waals surface area (Å²) in [5.74, 6) is 0.775. The molecule has 3 N–H and O–H groups in total. The molecule has 0 aliphatic heterocycles. The van der Waals surface area contributed by atoms with Crippen LogP contribution in [0.2, 0.25) is 5.02 Å². The summed E-state index contributed by atoms with van der Waals surface area (Å²) in [5, 5.41) is 9.31. The van der Waals surface area contributed by atoms with Gasteiger partial charge in [-0.05, 0) is 38.0 Å². The summed E-state index contributed by atoms with van der Waals surface area (Å²) in [6.45, 7) is 2.68. The number of nitrogens with two attached hydrogens (primary N) is 1. The predicted molar refractivity (Wildman–Crippen MR) is 65.9 cm³/mol. The summed E-state index contributed by atoms with van der Waals surface area (Å²) < 4.78 is 5.61. The van der Waals surface area contributed by atoms with Crippen LogP contribution in [0.4, 0.5) is 0 Å². The lowest BCUT2D eigenvalue weighted by Gasteiger charge is -2.14. The quantitative estimate of drug-likeness (QED) is 0.755.